The summed E-state index contributed by atoms with van der Waals surface area (Å²) in [5.41, 5.74) is 0. The number of rotatable bonds is 5. The first-order valence-electron chi connectivity index (χ1n) is 3.92. The first-order valence-corrected chi connectivity index (χ1v) is 6.71. The summed E-state index contributed by atoms with van der Waals surface area (Å²) in [6, 6.07) is 0. The zero-order valence-corrected chi connectivity index (χ0v) is 8.34. The van der Waals surface area contributed by atoms with E-state index in [0.29, 0.717) is 0 Å². The maximum absolute atomic E-state index is 3.72. The fourth-order valence-electron chi connectivity index (χ4n) is 0.763. The lowest BCUT2D eigenvalue weighted by molar-refractivity contribution is 0.967. The van der Waals surface area contributed by atoms with Gasteiger partial charge in [-0.25, -0.2) is 10.0 Å². The minimum atomic E-state index is -0.240. The molecule has 1 heteroatoms. The van der Waals surface area contributed by atoms with Crippen molar-refractivity contribution < 1.29 is 0 Å². The molecule has 0 aliphatic heterocycles. The second-order valence-electron chi connectivity index (χ2n) is 3.19. The fourth-order valence-corrected chi connectivity index (χ4v) is 2.00. The Morgan fingerprint density at radius 1 is 1.40 bits per heavy atom. The van der Waals surface area contributed by atoms with E-state index in [1.54, 1.807) is 0 Å². The van der Waals surface area contributed by atoms with Crippen molar-refractivity contribution in [3.63, 3.8) is 0 Å². The molecule has 0 saturated carbocycles. The molecule has 0 unspecified atom stereocenters. The summed E-state index contributed by atoms with van der Waals surface area (Å²) in [6.45, 7) is 6.01. The lowest BCUT2D eigenvalue weighted by Crippen LogP contribution is -2.03. The summed E-state index contributed by atoms with van der Waals surface area (Å²) in [5.74, 6) is 2.78. The van der Waals surface area contributed by atoms with Crippen LogP contribution in [0.3, 0.4) is 0 Å². The van der Waals surface area contributed by atoms with E-state index in [1.807, 2.05) is 6.08 Å². The molecule has 0 N–H and O–H groups in total. The van der Waals surface area contributed by atoms with E-state index in [1.165, 1.54) is 24.3 Å². The molecule has 0 atom stereocenters. The van der Waals surface area contributed by atoms with Crippen molar-refractivity contribution in [2.24, 2.45) is 0 Å². The topological polar surface area (TPSA) is 0 Å². The van der Waals surface area contributed by atoms with E-state index in [0.717, 1.165) is 0 Å². The second-order valence-corrected chi connectivity index (χ2v) is 7.71. The number of hydrogen-bond donors (Lipinski definition) is 0. The largest absolute Gasteiger partial charge is 0.247 e. The van der Waals surface area contributed by atoms with E-state index >= 15 is 0 Å². The summed E-state index contributed by atoms with van der Waals surface area (Å²) in [5, 5.41) is 0. The Hall–Kier alpha value is 0.0900. The third kappa shape index (κ3) is 4.92. The summed E-state index contributed by atoms with van der Waals surface area (Å²) >= 11 is 0. The molecule has 62 valence electrons. The molecule has 0 aromatic carbocycles. The Labute approximate surface area is 67.0 Å². The van der Waals surface area contributed by atoms with Gasteiger partial charge < -0.3 is 0 Å². The molecule has 0 bridgehead atoms. The van der Waals surface area contributed by atoms with Crippen molar-refractivity contribution in [1.82, 2.24) is 0 Å². The van der Waals surface area contributed by atoms with Crippen LogP contribution in [0.1, 0.15) is 19.8 Å². The van der Waals surface area contributed by atoms with Gasteiger partial charge in [-0.2, -0.15) is 0 Å². The van der Waals surface area contributed by atoms with Crippen molar-refractivity contribution >= 4 is 10.0 Å². The van der Waals surface area contributed by atoms with E-state index in [4.69, 9.17) is 0 Å². The van der Waals surface area contributed by atoms with Gasteiger partial charge in [-0.15, -0.1) is 6.58 Å². The maximum atomic E-state index is 3.72. The summed E-state index contributed by atoms with van der Waals surface area (Å²) in [6.07, 6.45) is 9.37. The van der Waals surface area contributed by atoms with E-state index in [2.05, 4.69) is 26.0 Å². The van der Waals surface area contributed by atoms with Gasteiger partial charge in [-0.1, -0.05) is 13.0 Å². The minimum absolute atomic E-state index is 0.240. The molecular formula is C9H20S. The van der Waals surface area contributed by atoms with Gasteiger partial charge in [0.15, 0.2) is 0 Å². The molecule has 0 spiro atoms. The SMILES string of the molecule is C=CCCCS(C)(C)CC. The van der Waals surface area contributed by atoms with Gasteiger partial charge in [0.25, 0.3) is 0 Å². The molecule has 10 heavy (non-hydrogen) atoms. The number of allylic oxidation sites excluding steroid dienone is 1. The van der Waals surface area contributed by atoms with Gasteiger partial charge in [0.2, 0.25) is 0 Å². The first kappa shape index (κ1) is 10.1. The molecule has 0 saturated heterocycles. The highest BCUT2D eigenvalue weighted by Crippen LogP contribution is 2.39. The Morgan fingerprint density at radius 2 is 2.00 bits per heavy atom. The third-order valence-electron chi connectivity index (χ3n) is 1.89. The van der Waals surface area contributed by atoms with Crippen LogP contribution in [0.5, 0.6) is 0 Å². The van der Waals surface area contributed by atoms with Crippen LogP contribution in [0.4, 0.5) is 0 Å². The molecule has 0 aromatic heterocycles. The van der Waals surface area contributed by atoms with Crippen LogP contribution in [-0.4, -0.2) is 24.0 Å². The second kappa shape index (κ2) is 4.84. The molecular weight excluding hydrogens is 140 g/mol. The monoisotopic (exact) mass is 160 g/mol. The predicted molar refractivity (Wildman–Crippen MR) is 54.3 cm³/mol. The van der Waals surface area contributed by atoms with Crippen molar-refractivity contribution in [3.8, 4) is 0 Å². The van der Waals surface area contributed by atoms with Crippen LogP contribution in [0.15, 0.2) is 12.7 Å². The Kier molecular flexibility index (Phi) is 4.88. The molecule has 0 fully saturated rings. The van der Waals surface area contributed by atoms with Gasteiger partial charge in [0.1, 0.15) is 0 Å². The lowest BCUT2D eigenvalue weighted by Gasteiger charge is -2.29. The minimum Gasteiger partial charge on any atom is -0.247 e. The third-order valence-corrected chi connectivity index (χ3v) is 4.84. The predicted octanol–water partition coefficient (Wildman–Crippen LogP) is 3.04. The average molecular weight is 160 g/mol. The van der Waals surface area contributed by atoms with Crippen molar-refractivity contribution in [1.29, 1.82) is 0 Å². The summed E-state index contributed by atoms with van der Waals surface area (Å²) < 4.78 is 0. The smallest absolute Gasteiger partial charge is 0.0230 e. The van der Waals surface area contributed by atoms with Gasteiger partial charge >= 0.3 is 0 Å². The standard InChI is InChI=1S/C9H20S/c1-5-7-8-9-10(3,4)6-2/h5H,1,6-9H2,2-4H3. The van der Waals surface area contributed by atoms with Crippen LogP contribution in [0, 0.1) is 0 Å². The van der Waals surface area contributed by atoms with Crippen LogP contribution < -0.4 is 0 Å². The Morgan fingerprint density at radius 3 is 2.40 bits per heavy atom. The highest BCUT2D eigenvalue weighted by Gasteiger charge is 2.06. The van der Waals surface area contributed by atoms with Crippen molar-refractivity contribution in [2.75, 3.05) is 24.0 Å². The molecule has 0 aliphatic carbocycles. The molecule has 0 radical (unpaired) electrons. The van der Waals surface area contributed by atoms with Crippen LogP contribution in [0.25, 0.3) is 0 Å². The van der Waals surface area contributed by atoms with Gasteiger partial charge in [-0.05, 0) is 36.9 Å². The summed E-state index contributed by atoms with van der Waals surface area (Å²) in [7, 11) is -0.240. The Bertz CT molecular complexity index is 94.9. The van der Waals surface area contributed by atoms with Crippen LogP contribution in [-0.2, 0) is 0 Å². The maximum Gasteiger partial charge on any atom is -0.0230 e. The van der Waals surface area contributed by atoms with Gasteiger partial charge in [0.05, 0.1) is 0 Å². The quantitative estimate of drug-likeness (QED) is 0.428. The molecule has 0 nitrogen and oxygen atoms in total. The van der Waals surface area contributed by atoms with E-state index < -0.39 is 0 Å². The normalized spacial score (nSPS) is 13.1. The number of unbranched alkanes of at least 4 members (excludes halogenated alkanes) is 1. The molecule has 0 aliphatic rings. The van der Waals surface area contributed by atoms with E-state index in [-0.39, 0.29) is 10.0 Å². The zero-order chi connectivity index (χ0) is 8.04. The highest BCUT2D eigenvalue weighted by atomic mass is 32.3. The number of hydrogen-bond acceptors (Lipinski definition) is 0. The van der Waals surface area contributed by atoms with Gasteiger partial charge in [0, 0.05) is 0 Å². The lowest BCUT2D eigenvalue weighted by atomic mass is 10.3. The average Bonchev–Trinajstić information content (AvgIpc) is 1.89. The fraction of sp³-hybridized carbons (Fsp3) is 0.778. The molecule has 0 heterocycles. The first-order chi connectivity index (χ1) is 4.62. The molecule has 0 aromatic rings. The molecule has 0 amide bonds. The summed E-state index contributed by atoms with van der Waals surface area (Å²) in [4.78, 5) is 0. The van der Waals surface area contributed by atoms with Crippen LogP contribution in [0.2, 0.25) is 0 Å². The van der Waals surface area contributed by atoms with Gasteiger partial charge in [-0.3, -0.25) is 0 Å². The van der Waals surface area contributed by atoms with E-state index in [9.17, 15) is 0 Å². The molecule has 0 rings (SSSR count). The highest BCUT2D eigenvalue weighted by molar-refractivity contribution is 8.32. The Balaban J connectivity index is 3.36. The van der Waals surface area contributed by atoms with Crippen molar-refractivity contribution in [3.05, 3.63) is 12.7 Å². The zero-order valence-electron chi connectivity index (χ0n) is 7.52. The van der Waals surface area contributed by atoms with Crippen molar-refractivity contribution in [2.45, 2.75) is 19.8 Å². The van der Waals surface area contributed by atoms with Crippen LogP contribution >= 0.6 is 10.0 Å².